The summed E-state index contributed by atoms with van der Waals surface area (Å²) in [5.41, 5.74) is 1.24. The van der Waals surface area contributed by atoms with Gasteiger partial charge in [-0.15, -0.1) is 34.4 Å². The van der Waals surface area contributed by atoms with Crippen molar-refractivity contribution in [3.8, 4) is 0 Å². The number of carbonyl (C=O) groups excluding carboxylic acids is 1. The monoisotopic (exact) mass is 389 g/mol. The molecular formula is C19H16FNOS3. The molecule has 25 heavy (non-hydrogen) atoms. The molecule has 1 aliphatic heterocycles. The number of hydrogen-bond acceptors (Lipinski definition) is 4. The number of thiophene rings is 2. The highest BCUT2D eigenvalue weighted by Crippen LogP contribution is 2.39. The van der Waals surface area contributed by atoms with Gasteiger partial charge in [-0.05, 0) is 47.0 Å². The van der Waals surface area contributed by atoms with E-state index >= 15 is 0 Å². The quantitative estimate of drug-likeness (QED) is 0.571. The SMILES string of the molecule is O=C(CSc1ccccc1F)N1CCc2sccc2C1c1cccs1. The number of fused-ring (bicyclic) bond motifs is 1. The molecule has 3 aromatic rings. The van der Waals surface area contributed by atoms with E-state index in [4.69, 9.17) is 0 Å². The zero-order valence-corrected chi connectivity index (χ0v) is 15.8. The third-order valence-electron chi connectivity index (χ3n) is 4.29. The number of nitrogens with zero attached hydrogens (tertiary/aromatic N) is 1. The molecule has 1 unspecified atom stereocenters. The Labute approximate surface area is 158 Å². The third kappa shape index (κ3) is 3.38. The predicted octanol–water partition coefficient (Wildman–Crippen LogP) is 5.22. The highest BCUT2D eigenvalue weighted by atomic mass is 32.2. The maximum Gasteiger partial charge on any atom is 0.233 e. The van der Waals surface area contributed by atoms with Crippen LogP contribution in [0.2, 0.25) is 0 Å². The molecule has 1 aromatic carbocycles. The molecule has 1 atom stereocenters. The van der Waals surface area contributed by atoms with E-state index in [2.05, 4.69) is 17.5 Å². The van der Waals surface area contributed by atoms with Crippen molar-refractivity contribution in [2.45, 2.75) is 17.4 Å². The van der Waals surface area contributed by atoms with Crippen molar-refractivity contribution < 1.29 is 9.18 Å². The molecule has 1 amide bonds. The summed E-state index contributed by atoms with van der Waals surface area (Å²) in [6.07, 6.45) is 0.894. The Bertz CT molecular complexity index is 874. The molecule has 0 saturated carbocycles. The van der Waals surface area contributed by atoms with E-state index in [0.717, 1.165) is 6.42 Å². The van der Waals surface area contributed by atoms with Gasteiger partial charge in [0.05, 0.1) is 11.8 Å². The maximum absolute atomic E-state index is 13.8. The lowest BCUT2D eigenvalue weighted by Crippen LogP contribution is -2.40. The van der Waals surface area contributed by atoms with Crippen molar-refractivity contribution in [3.63, 3.8) is 0 Å². The van der Waals surface area contributed by atoms with Gasteiger partial charge in [-0.3, -0.25) is 4.79 Å². The first-order chi connectivity index (χ1) is 12.2. The average molecular weight is 390 g/mol. The second kappa shape index (κ2) is 7.32. The van der Waals surface area contributed by atoms with Crippen LogP contribution in [0.4, 0.5) is 4.39 Å². The fourth-order valence-corrected chi connectivity index (χ4v) is 5.71. The highest BCUT2D eigenvalue weighted by molar-refractivity contribution is 8.00. The minimum atomic E-state index is -0.270. The van der Waals surface area contributed by atoms with Crippen molar-refractivity contribution in [3.05, 3.63) is 74.4 Å². The number of amides is 1. The molecule has 0 aliphatic carbocycles. The van der Waals surface area contributed by atoms with Gasteiger partial charge in [0, 0.05) is 21.2 Å². The van der Waals surface area contributed by atoms with Gasteiger partial charge in [0.15, 0.2) is 0 Å². The van der Waals surface area contributed by atoms with Crippen LogP contribution in [0, 0.1) is 5.82 Å². The highest BCUT2D eigenvalue weighted by Gasteiger charge is 2.33. The number of thioether (sulfide) groups is 1. The molecule has 6 heteroatoms. The van der Waals surface area contributed by atoms with Crippen LogP contribution >= 0.6 is 34.4 Å². The molecular weight excluding hydrogens is 373 g/mol. The van der Waals surface area contributed by atoms with Crippen molar-refractivity contribution in [1.29, 1.82) is 0 Å². The topological polar surface area (TPSA) is 20.3 Å². The Hall–Kier alpha value is -1.63. The molecule has 0 fully saturated rings. The fraction of sp³-hybridized carbons (Fsp3) is 0.211. The zero-order valence-electron chi connectivity index (χ0n) is 13.4. The van der Waals surface area contributed by atoms with E-state index in [1.165, 1.54) is 33.1 Å². The Balaban J connectivity index is 1.56. The summed E-state index contributed by atoms with van der Waals surface area (Å²) in [5.74, 6) is 0.0415. The van der Waals surface area contributed by atoms with Crippen molar-refractivity contribution in [1.82, 2.24) is 4.90 Å². The maximum atomic E-state index is 13.8. The molecule has 0 N–H and O–H groups in total. The Kier molecular flexibility index (Phi) is 4.92. The van der Waals surface area contributed by atoms with E-state index in [-0.39, 0.29) is 23.5 Å². The fourth-order valence-electron chi connectivity index (χ4n) is 3.12. The lowest BCUT2D eigenvalue weighted by Gasteiger charge is -2.35. The van der Waals surface area contributed by atoms with Crippen LogP contribution in [0.3, 0.4) is 0 Å². The van der Waals surface area contributed by atoms with Crippen molar-refractivity contribution in [2.24, 2.45) is 0 Å². The minimum absolute atomic E-state index is 0.0104. The van der Waals surface area contributed by atoms with Crippen LogP contribution in [0.15, 0.2) is 58.1 Å². The molecule has 0 spiro atoms. The number of benzene rings is 1. The molecule has 3 heterocycles. The standard InChI is InChI=1S/C19H16FNOS3/c20-14-4-1-2-5-16(14)25-12-18(22)21-9-7-15-13(8-11-24-15)19(21)17-6-3-10-23-17/h1-6,8,10-11,19H,7,9,12H2. The first kappa shape index (κ1) is 16.8. The molecule has 0 saturated heterocycles. The summed E-state index contributed by atoms with van der Waals surface area (Å²) in [5, 5.41) is 4.15. The Morgan fingerprint density at radius 3 is 2.84 bits per heavy atom. The second-order valence-corrected chi connectivity index (χ2v) is 8.77. The van der Waals surface area contributed by atoms with E-state index in [1.54, 1.807) is 40.9 Å². The van der Waals surface area contributed by atoms with Gasteiger partial charge < -0.3 is 4.90 Å². The van der Waals surface area contributed by atoms with Crippen LogP contribution in [-0.4, -0.2) is 23.1 Å². The van der Waals surface area contributed by atoms with E-state index in [9.17, 15) is 9.18 Å². The van der Waals surface area contributed by atoms with Gasteiger partial charge in [0.25, 0.3) is 0 Å². The van der Waals surface area contributed by atoms with E-state index in [1.807, 2.05) is 16.3 Å². The molecule has 2 aromatic heterocycles. The number of carbonyl (C=O) groups is 1. The smallest absolute Gasteiger partial charge is 0.233 e. The summed E-state index contributed by atoms with van der Waals surface area (Å²) in [6, 6.07) is 12.8. The summed E-state index contributed by atoms with van der Waals surface area (Å²) in [4.78, 5) is 17.9. The lowest BCUT2D eigenvalue weighted by atomic mass is 9.98. The molecule has 0 bridgehead atoms. The number of hydrogen-bond donors (Lipinski definition) is 0. The summed E-state index contributed by atoms with van der Waals surface area (Å²) in [7, 11) is 0. The number of rotatable bonds is 4. The van der Waals surface area contributed by atoms with Gasteiger partial charge in [-0.1, -0.05) is 18.2 Å². The Morgan fingerprint density at radius 1 is 1.16 bits per heavy atom. The molecule has 4 rings (SSSR count). The van der Waals surface area contributed by atoms with Crippen LogP contribution in [0.1, 0.15) is 21.4 Å². The molecule has 128 valence electrons. The zero-order chi connectivity index (χ0) is 17.2. The van der Waals surface area contributed by atoms with Crippen molar-refractivity contribution >= 4 is 40.3 Å². The van der Waals surface area contributed by atoms with Gasteiger partial charge in [0.1, 0.15) is 5.82 Å². The second-order valence-electron chi connectivity index (χ2n) is 5.77. The summed E-state index contributed by atoms with van der Waals surface area (Å²) in [6.45, 7) is 0.715. The van der Waals surface area contributed by atoms with Gasteiger partial charge in [0.2, 0.25) is 5.91 Å². The van der Waals surface area contributed by atoms with E-state index in [0.29, 0.717) is 11.4 Å². The largest absolute Gasteiger partial charge is 0.330 e. The molecule has 1 aliphatic rings. The first-order valence-electron chi connectivity index (χ1n) is 8.00. The lowest BCUT2D eigenvalue weighted by molar-refractivity contribution is -0.130. The van der Waals surface area contributed by atoms with Gasteiger partial charge in [-0.2, -0.15) is 0 Å². The van der Waals surface area contributed by atoms with Crippen molar-refractivity contribution in [2.75, 3.05) is 12.3 Å². The summed E-state index contributed by atoms with van der Waals surface area (Å²) < 4.78 is 13.8. The van der Waals surface area contributed by atoms with Crippen LogP contribution in [0.25, 0.3) is 0 Å². The summed E-state index contributed by atoms with van der Waals surface area (Å²) >= 11 is 4.71. The number of halogens is 1. The molecule has 0 radical (unpaired) electrons. The van der Waals surface area contributed by atoms with Crippen LogP contribution < -0.4 is 0 Å². The minimum Gasteiger partial charge on any atom is -0.330 e. The normalized spacial score (nSPS) is 16.7. The van der Waals surface area contributed by atoms with E-state index < -0.39 is 0 Å². The molecule has 2 nitrogen and oxygen atoms in total. The predicted molar refractivity (Wildman–Crippen MR) is 103 cm³/mol. The first-order valence-corrected chi connectivity index (χ1v) is 10.7. The third-order valence-corrected chi connectivity index (χ3v) is 7.24. The Morgan fingerprint density at radius 2 is 2.04 bits per heavy atom. The van der Waals surface area contributed by atoms with Crippen LogP contribution in [-0.2, 0) is 11.2 Å². The van der Waals surface area contributed by atoms with Gasteiger partial charge in [-0.25, -0.2) is 4.39 Å². The van der Waals surface area contributed by atoms with Crippen LogP contribution in [0.5, 0.6) is 0 Å². The average Bonchev–Trinajstić information content (AvgIpc) is 3.31. The van der Waals surface area contributed by atoms with Gasteiger partial charge >= 0.3 is 0 Å².